The van der Waals surface area contributed by atoms with Gasteiger partial charge in [-0.25, -0.2) is 0 Å². The molecule has 1 aliphatic carbocycles. The topological polar surface area (TPSA) is 63.5 Å². The lowest BCUT2D eigenvalue weighted by atomic mass is 10.1. The summed E-state index contributed by atoms with van der Waals surface area (Å²) in [5.41, 5.74) is 1.38. The molecule has 0 spiro atoms. The molecule has 1 saturated carbocycles. The van der Waals surface area contributed by atoms with Crippen LogP contribution in [-0.4, -0.2) is 28.2 Å². The Morgan fingerprint density at radius 3 is 2.83 bits per heavy atom. The first kappa shape index (κ1) is 16.6. The Morgan fingerprint density at radius 2 is 2.12 bits per heavy atom. The number of nitrogens with zero attached hydrogens (tertiary/aromatic N) is 1. The average molecular weight is 328 g/mol. The van der Waals surface area contributed by atoms with Crippen molar-refractivity contribution in [3.05, 3.63) is 53.9 Å². The van der Waals surface area contributed by atoms with E-state index in [0.717, 1.165) is 24.2 Å². The van der Waals surface area contributed by atoms with Crippen molar-refractivity contribution in [2.45, 2.75) is 44.9 Å². The second-order valence-electron chi connectivity index (χ2n) is 6.50. The van der Waals surface area contributed by atoms with Crippen molar-refractivity contribution < 1.29 is 14.6 Å². The van der Waals surface area contributed by atoms with Gasteiger partial charge >= 0.3 is 0 Å². The highest BCUT2D eigenvalue weighted by Gasteiger charge is 2.26. The fourth-order valence-corrected chi connectivity index (χ4v) is 2.72. The molecule has 0 saturated heterocycles. The van der Waals surface area contributed by atoms with Crippen molar-refractivity contribution in [3.8, 4) is 5.75 Å². The minimum Gasteiger partial charge on any atom is -0.491 e. The summed E-state index contributed by atoms with van der Waals surface area (Å²) in [4.78, 5) is 12.3. The molecule has 0 bridgehead atoms. The summed E-state index contributed by atoms with van der Waals surface area (Å²) in [5.74, 6) is 0.566. The highest BCUT2D eigenvalue weighted by atomic mass is 16.5. The van der Waals surface area contributed by atoms with E-state index in [-0.39, 0.29) is 18.6 Å². The van der Waals surface area contributed by atoms with Gasteiger partial charge in [-0.15, -0.1) is 0 Å². The Hall–Kier alpha value is -2.27. The number of aliphatic hydroxyl groups excluding tert-OH is 1. The van der Waals surface area contributed by atoms with E-state index in [4.69, 9.17) is 4.74 Å². The van der Waals surface area contributed by atoms with Crippen molar-refractivity contribution >= 4 is 5.91 Å². The second-order valence-corrected chi connectivity index (χ2v) is 6.50. The van der Waals surface area contributed by atoms with Crippen LogP contribution >= 0.6 is 0 Å². The zero-order valence-corrected chi connectivity index (χ0v) is 14.1. The van der Waals surface area contributed by atoms with Gasteiger partial charge < -0.3 is 19.7 Å². The summed E-state index contributed by atoms with van der Waals surface area (Å²) in [6.45, 7) is 4.08. The molecule has 3 rings (SSSR count). The second kappa shape index (κ2) is 7.09. The molecule has 128 valence electrons. The summed E-state index contributed by atoms with van der Waals surface area (Å²) in [6.07, 6.45) is 3.50. The number of nitrogens with one attached hydrogen (secondary N) is 1. The minimum atomic E-state index is -0.769. The lowest BCUT2D eigenvalue weighted by Crippen LogP contribution is -2.30. The van der Waals surface area contributed by atoms with Gasteiger partial charge in [0.1, 0.15) is 11.4 Å². The first-order valence-corrected chi connectivity index (χ1v) is 8.44. The fraction of sp³-hybridized carbons (Fsp3) is 0.421. The summed E-state index contributed by atoms with van der Waals surface area (Å²) >= 11 is 0. The molecule has 1 heterocycles. The van der Waals surface area contributed by atoms with E-state index in [1.807, 2.05) is 61.0 Å². The molecule has 24 heavy (non-hydrogen) atoms. The molecule has 0 aliphatic heterocycles. The summed E-state index contributed by atoms with van der Waals surface area (Å²) in [6, 6.07) is 11.5. The maximum absolute atomic E-state index is 12.3. The van der Waals surface area contributed by atoms with Crippen LogP contribution in [0.3, 0.4) is 0 Å². The Bertz CT molecular complexity index is 704. The van der Waals surface area contributed by atoms with Gasteiger partial charge in [0.25, 0.3) is 5.91 Å². The molecule has 1 aromatic carbocycles. The molecule has 1 amide bonds. The number of rotatable bonds is 7. The molecule has 2 aromatic rings. The number of carbonyl (C=O) groups is 1. The Labute approximate surface area is 142 Å². The Balaban J connectivity index is 1.59. The van der Waals surface area contributed by atoms with Crippen LogP contribution in [0.2, 0.25) is 0 Å². The van der Waals surface area contributed by atoms with Gasteiger partial charge in [-0.2, -0.15) is 0 Å². The van der Waals surface area contributed by atoms with Crippen LogP contribution in [0.5, 0.6) is 5.75 Å². The van der Waals surface area contributed by atoms with E-state index in [1.54, 1.807) is 0 Å². The normalized spacial score (nSPS) is 15.3. The Kier molecular flexibility index (Phi) is 4.90. The molecule has 1 unspecified atom stereocenters. The van der Waals surface area contributed by atoms with Crippen LogP contribution in [0, 0.1) is 0 Å². The highest BCUT2D eigenvalue weighted by molar-refractivity contribution is 5.92. The Morgan fingerprint density at radius 1 is 1.33 bits per heavy atom. The molecule has 1 aliphatic rings. The molecule has 5 nitrogen and oxygen atoms in total. The SMILES string of the molecule is CC(C)Oc1cccc(C(O)CNC(=O)c2cccn2C2CC2)c1. The summed E-state index contributed by atoms with van der Waals surface area (Å²) in [5, 5.41) is 13.2. The lowest BCUT2D eigenvalue weighted by Gasteiger charge is -2.15. The van der Waals surface area contributed by atoms with Crippen molar-refractivity contribution in [2.75, 3.05) is 6.54 Å². The summed E-state index contributed by atoms with van der Waals surface area (Å²) in [7, 11) is 0. The maximum atomic E-state index is 12.3. The predicted octanol–water partition coefficient (Wildman–Crippen LogP) is 3.07. The van der Waals surface area contributed by atoms with E-state index in [2.05, 4.69) is 5.32 Å². The number of aliphatic hydroxyl groups is 1. The largest absolute Gasteiger partial charge is 0.491 e. The van der Waals surface area contributed by atoms with Crippen molar-refractivity contribution in [1.29, 1.82) is 0 Å². The standard InChI is InChI=1S/C19H24N2O3/c1-13(2)24-16-6-3-5-14(11-16)18(22)12-20-19(23)17-7-4-10-21(17)15-8-9-15/h3-7,10-11,13,15,18,22H,8-9,12H2,1-2H3,(H,20,23). The van der Waals surface area contributed by atoms with Gasteiger partial charge in [0.05, 0.1) is 12.2 Å². The third kappa shape index (κ3) is 3.97. The molecular weight excluding hydrogens is 304 g/mol. The van der Waals surface area contributed by atoms with Crippen molar-refractivity contribution in [1.82, 2.24) is 9.88 Å². The van der Waals surface area contributed by atoms with Crippen LogP contribution in [0.25, 0.3) is 0 Å². The highest BCUT2D eigenvalue weighted by Crippen LogP contribution is 2.36. The number of benzene rings is 1. The minimum absolute atomic E-state index is 0.0762. The number of ether oxygens (including phenoxy) is 1. The van der Waals surface area contributed by atoms with Crippen molar-refractivity contribution in [3.63, 3.8) is 0 Å². The number of aromatic nitrogens is 1. The maximum Gasteiger partial charge on any atom is 0.268 e. The van der Waals surface area contributed by atoms with Crippen LogP contribution < -0.4 is 10.1 Å². The van der Waals surface area contributed by atoms with Gasteiger partial charge in [0, 0.05) is 18.8 Å². The van der Waals surface area contributed by atoms with Gasteiger partial charge in [-0.1, -0.05) is 12.1 Å². The van der Waals surface area contributed by atoms with E-state index in [0.29, 0.717) is 11.7 Å². The number of carbonyl (C=O) groups excluding carboxylic acids is 1. The monoisotopic (exact) mass is 328 g/mol. The first-order valence-electron chi connectivity index (χ1n) is 8.44. The van der Waals surface area contributed by atoms with Gasteiger partial charge in [-0.3, -0.25) is 4.79 Å². The summed E-state index contributed by atoms with van der Waals surface area (Å²) < 4.78 is 7.65. The zero-order chi connectivity index (χ0) is 17.1. The third-order valence-corrected chi connectivity index (χ3v) is 4.02. The van der Waals surface area contributed by atoms with E-state index in [9.17, 15) is 9.90 Å². The van der Waals surface area contributed by atoms with Gasteiger partial charge in [0.2, 0.25) is 0 Å². The fourth-order valence-electron chi connectivity index (χ4n) is 2.72. The number of amides is 1. The van der Waals surface area contributed by atoms with Gasteiger partial charge in [0.15, 0.2) is 0 Å². The van der Waals surface area contributed by atoms with E-state index < -0.39 is 6.10 Å². The smallest absolute Gasteiger partial charge is 0.268 e. The van der Waals surface area contributed by atoms with E-state index in [1.165, 1.54) is 0 Å². The number of hydrogen-bond donors (Lipinski definition) is 2. The molecule has 0 radical (unpaired) electrons. The number of hydrogen-bond acceptors (Lipinski definition) is 3. The van der Waals surface area contributed by atoms with E-state index >= 15 is 0 Å². The van der Waals surface area contributed by atoms with Crippen LogP contribution in [0.1, 0.15) is 54.9 Å². The molecule has 1 fully saturated rings. The van der Waals surface area contributed by atoms with Crippen LogP contribution in [0.15, 0.2) is 42.6 Å². The first-order chi connectivity index (χ1) is 11.5. The van der Waals surface area contributed by atoms with Crippen LogP contribution in [0.4, 0.5) is 0 Å². The average Bonchev–Trinajstić information content (AvgIpc) is 3.28. The molecule has 1 aromatic heterocycles. The molecular formula is C19H24N2O3. The third-order valence-electron chi connectivity index (χ3n) is 4.02. The lowest BCUT2D eigenvalue weighted by molar-refractivity contribution is 0.0907. The molecule has 1 atom stereocenters. The quantitative estimate of drug-likeness (QED) is 0.821. The zero-order valence-electron chi connectivity index (χ0n) is 14.1. The van der Waals surface area contributed by atoms with Crippen molar-refractivity contribution in [2.24, 2.45) is 0 Å². The molecule has 2 N–H and O–H groups in total. The molecule has 5 heteroatoms. The van der Waals surface area contributed by atoms with Crippen LogP contribution in [-0.2, 0) is 0 Å². The van der Waals surface area contributed by atoms with Gasteiger partial charge in [-0.05, 0) is 56.5 Å². The predicted molar refractivity (Wildman–Crippen MR) is 92.2 cm³/mol.